The van der Waals surface area contributed by atoms with E-state index in [1.807, 2.05) is 13.0 Å². The molecule has 7 heteroatoms. The maximum absolute atomic E-state index is 12.5. The molecule has 1 aliphatic carbocycles. The smallest absolute Gasteiger partial charge is 0.228 e. The van der Waals surface area contributed by atoms with Crippen LogP contribution in [0, 0.1) is 30.1 Å². The minimum Gasteiger partial charge on any atom is -0.495 e. The van der Waals surface area contributed by atoms with Crippen LogP contribution in [0.2, 0.25) is 5.02 Å². The zero-order valence-electron chi connectivity index (χ0n) is 14.9. The van der Waals surface area contributed by atoms with Crippen LogP contribution < -0.4 is 15.4 Å². The first kappa shape index (κ1) is 18.7. The summed E-state index contributed by atoms with van der Waals surface area (Å²) in [5, 5.41) is 14.9. The molecule has 2 amide bonds. The van der Waals surface area contributed by atoms with E-state index in [-0.39, 0.29) is 23.7 Å². The summed E-state index contributed by atoms with van der Waals surface area (Å²) < 4.78 is 5.25. The number of hydrogen-bond donors (Lipinski definition) is 2. The second-order valence-electron chi connectivity index (χ2n) is 6.42. The lowest BCUT2D eigenvalue weighted by atomic mass is 10.2. The number of rotatable bonds is 5. The normalized spacial score (nSPS) is 17.6. The largest absolute Gasteiger partial charge is 0.495 e. The van der Waals surface area contributed by atoms with E-state index in [9.17, 15) is 9.59 Å². The maximum atomic E-state index is 12.5. The standard InChI is InChI=1S/C20H18ClN3O3/c1-11-7-17(18(27-2)9-16(11)21)24-20(26)15-8-14(15)19(25)23-13-5-3-12(10-22)4-6-13/h3-7,9,14-15H,8H2,1-2H3,(H,23,25)(H,24,26). The van der Waals surface area contributed by atoms with Gasteiger partial charge in [0.05, 0.1) is 36.3 Å². The predicted octanol–water partition coefficient (Wildman–Crippen LogP) is 3.74. The van der Waals surface area contributed by atoms with E-state index in [1.165, 1.54) is 7.11 Å². The summed E-state index contributed by atoms with van der Waals surface area (Å²) in [5.41, 5.74) is 2.46. The van der Waals surface area contributed by atoms with E-state index < -0.39 is 0 Å². The Balaban J connectivity index is 1.61. The first-order chi connectivity index (χ1) is 12.9. The van der Waals surface area contributed by atoms with E-state index >= 15 is 0 Å². The molecule has 1 aliphatic rings. The lowest BCUT2D eigenvalue weighted by Gasteiger charge is -2.12. The molecule has 0 aromatic heterocycles. The Morgan fingerprint density at radius 1 is 1.15 bits per heavy atom. The summed E-state index contributed by atoms with van der Waals surface area (Å²) in [4.78, 5) is 24.8. The summed E-state index contributed by atoms with van der Waals surface area (Å²) in [6.07, 6.45) is 0.489. The van der Waals surface area contributed by atoms with Gasteiger partial charge in [0.2, 0.25) is 11.8 Å². The number of carbonyl (C=O) groups is 2. The molecule has 2 unspecified atom stereocenters. The van der Waals surface area contributed by atoms with Gasteiger partial charge in [0.15, 0.2) is 0 Å². The lowest BCUT2D eigenvalue weighted by Crippen LogP contribution is -2.20. The van der Waals surface area contributed by atoms with E-state index in [1.54, 1.807) is 36.4 Å². The third kappa shape index (κ3) is 4.21. The van der Waals surface area contributed by atoms with Crippen molar-refractivity contribution in [1.29, 1.82) is 5.26 Å². The fourth-order valence-corrected chi connectivity index (χ4v) is 2.95. The highest BCUT2D eigenvalue weighted by Crippen LogP contribution is 2.41. The fourth-order valence-electron chi connectivity index (χ4n) is 2.79. The number of anilines is 2. The van der Waals surface area contributed by atoms with Crippen molar-refractivity contribution in [3.63, 3.8) is 0 Å². The van der Waals surface area contributed by atoms with Crippen molar-refractivity contribution in [3.8, 4) is 11.8 Å². The van der Waals surface area contributed by atoms with Crippen LogP contribution in [0.4, 0.5) is 11.4 Å². The molecule has 6 nitrogen and oxygen atoms in total. The number of carbonyl (C=O) groups excluding carboxylic acids is 2. The van der Waals surface area contributed by atoms with Crippen molar-refractivity contribution in [2.24, 2.45) is 11.8 Å². The van der Waals surface area contributed by atoms with Gasteiger partial charge in [-0.3, -0.25) is 9.59 Å². The van der Waals surface area contributed by atoms with Crippen molar-refractivity contribution in [2.75, 3.05) is 17.7 Å². The van der Waals surface area contributed by atoms with Gasteiger partial charge < -0.3 is 15.4 Å². The van der Waals surface area contributed by atoms with E-state index in [2.05, 4.69) is 10.6 Å². The number of ether oxygens (including phenoxy) is 1. The molecule has 2 N–H and O–H groups in total. The number of benzene rings is 2. The van der Waals surface area contributed by atoms with Gasteiger partial charge in [0.1, 0.15) is 5.75 Å². The monoisotopic (exact) mass is 383 g/mol. The topological polar surface area (TPSA) is 91.2 Å². The summed E-state index contributed by atoms with van der Waals surface area (Å²) in [6.45, 7) is 1.84. The number of amides is 2. The molecule has 0 heterocycles. The molecular weight excluding hydrogens is 366 g/mol. The Morgan fingerprint density at radius 3 is 2.37 bits per heavy atom. The fraction of sp³-hybridized carbons (Fsp3) is 0.250. The predicted molar refractivity (Wildman–Crippen MR) is 103 cm³/mol. The highest BCUT2D eigenvalue weighted by Gasteiger charge is 2.48. The van der Waals surface area contributed by atoms with E-state index in [0.29, 0.717) is 34.1 Å². The number of nitriles is 1. The summed E-state index contributed by atoms with van der Waals surface area (Å²) in [6, 6.07) is 12.0. The number of nitrogens with zero attached hydrogens (tertiary/aromatic N) is 1. The highest BCUT2D eigenvalue weighted by atomic mass is 35.5. The molecule has 2 aromatic rings. The van der Waals surface area contributed by atoms with Crippen LogP contribution in [0.3, 0.4) is 0 Å². The minimum atomic E-state index is -0.385. The van der Waals surface area contributed by atoms with Crippen LogP contribution in [0.5, 0.6) is 5.75 Å². The molecule has 0 bridgehead atoms. The third-order valence-corrected chi connectivity index (χ3v) is 4.89. The van der Waals surface area contributed by atoms with Gasteiger partial charge in [-0.2, -0.15) is 5.26 Å². The van der Waals surface area contributed by atoms with Crippen molar-refractivity contribution in [3.05, 3.63) is 52.5 Å². The molecular formula is C20H18ClN3O3. The Morgan fingerprint density at radius 2 is 1.78 bits per heavy atom. The molecule has 0 radical (unpaired) electrons. The number of aryl methyl sites for hydroxylation is 1. The lowest BCUT2D eigenvalue weighted by molar-refractivity contribution is -0.122. The molecule has 0 aliphatic heterocycles. The second kappa shape index (κ2) is 7.68. The highest BCUT2D eigenvalue weighted by molar-refractivity contribution is 6.31. The average Bonchev–Trinajstić information content (AvgIpc) is 3.46. The Bertz CT molecular complexity index is 935. The molecule has 1 fully saturated rings. The van der Waals surface area contributed by atoms with Crippen LogP contribution >= 0.6 is 11.6 Å². The van der Waals surface area contributed by atoms with Crippen LogP contribution in [-0.2, 0) is 9.59 Å². The van der Waals surface area contributed by atoms with Gasteiger partial charge in [-0.15, -0.1) is 0 Å². The number of methoxy groups -OCH3 is 1. The van der Waals surface area contributed by atoms with Gasteiger partial charge >= 0.3 is 0 Å². The van der Waals surface area contributed by atoms with Gasteiger partial charge in [0, 0.05) is 16.8 Å². The Hall–Kier alpha value is -3.04. The summed E-state index contributed by atoms with van der Waals surface area (Å²) >= 11 is 6.07. The number of hydrogen-bond acceptors (Lipinski definition) is 4. The number of nitrogens with one attached hydrogen (secondary N) is 2. The van der Waals surface area contributed by atoms with Gasteiger partial charge in [-0.25, -0.2) is 0 Å². The number of halogens is 1. The molecule has 0 saturated heterocycles. The van der Waals surface area contributed by atoms with Gasteiger partial charge in [-0.1, -0.05) is 11.6 Å². The minimum absolute atomic E-state index is 0.209. The van der Waals surface area contributed by atoms with E-state index in [0.717, 1.165) is 5.56 Å². The van der Waals surface area contributed by atoms with Crippen LogP contribution in [-0.4, -0.2) is 18.9 Å². The van der Waals surface area contributed by atoms with Crippen molar-refractivity contribution in [1.82, 2.24) is 0 Å². The van der Waals surface area contributed by atoms with Gasteiger partial charge in [-0.05, 0) is 49.2 Å². The van der Waals surface area contributed by atoms with Crippen molar-refractivity contribution in [2.45, 2.75) is 13.3 Å². The molecule has 0 spiro atoms. The van der Waals surface area contributed by atoms with E-state index in [4.69, 9.17) is 21.6 Å². The molecule has 3 rings (SSSR count). The molecule has 138 valence electrons. The second-order valence-corrected chi connectivity index (χ2v) is 6.83. The Kier molecular flexibility index (Phi) is 5.33. The molecule has 2 aromatic carbocycles. The third-order valence-electron chi connectivity index (χ3n) is 4.48. The van der Waals surface area contributed by atoms with Crippen LogP contribution in [0.25, 0.3) is 0 Å². The van der Waals surface area contributed by atoms with Crippen LogP contribution in [0.15, 0.2) is 36.4 Å². The summed E-state index contributed by atoms with van der Waals surface area (Å²) in [7, 11) is 1.50. The Labute approximate surface area is 162 Å². The van der Waals surface area contributed by atoms with Crippen molar-refractivity contribution >= 4 is 34.8 Å². The first-order valence-corrected chi connectivity index (χ1v) is 8.76. The molecule has 2 atom stereocenters. The maximum Gasteiger partial charge on any atom is 0.228 e. The summed E-state index contributed by atoms with van der Waals surface area (Å²) in [5.74, 6) is -0.726. The van der Waals surface area contributed by atoms with Crippen molar-refractivity contribution < 1.29 is 14.3 Å². The molecule has 1 saturated carbocycles. The average molecular weight is 384 g/mol. The molecule has 27 heavy (non-hydrogen) atoms. The zero-order valence-corrected chi connectivity index (χ0v) is 15.6. The first-order valence-electron chi connectivity index (χ1n) is 8.39. The quantitative estimate of drug-likeness (QED) is 0.822. The zero-order chi connectivity index (χ0) is 19.6. The van der Waals surface area contributed by atoms with Gasteiger partial charge in [0.25, 0.3) is 0 Å². The SMILES string of the molecule is COc1cc(Cl)c(C)cc1NC(=O)C1CC1C(=O)Nc1ccc(C#N)cc1. The van der Waals surface area contributed by atoms with Crippen LogP contribution in [0.1, 0.15) is 17.5 Å².